The van der Waals surface area contributed by atoms with Crippen molar-refractivity contribution in [3.05, 3.63) is 29.6 Å². The van der Waals surface area contributed by atoms with E-state index in [0.29, 0.717) is 0 Å². The van der Waals surface area contributed by atoms with Crippen LogP contribution in [0.4, 0.5) is 0 Å². The molecule has 0 spiro atoms. The van der Waals surface area contributed by atoms with Gasteiger partial charge in [0.15, 0.2) is 0 Å². The SMILES string of the molecule is CCO[C@H](C)C1NC(C)N=C(c2ccc(C)nc2)S1. The van der Waals surface area contributed by atoms with Crippen molar-refractivity contribution in [3.8, 4) is 0 Å². The van der Waals surface area contributed by atoms with E-state index >= 15 is 0 Å². The Hall–Kier alpha value is -0.910. The number of thioether (sulfide) groups is 1. The van der Waals surface area contributed by atoms with Crippen LogP contribution in [-0.4, -0.2) is 34.3 Å². The van der Waals surface area contributed by atoms with Gasteiger partial charge >= 0.3 is 0 Å². The Morgan fingerprint density at radius 3 is 2.89 bits per heavy atom. The molecule has 1 aliphatic rings. The molecule has 2 heterocycles. The van der Waals surface area contributed by atoms with E-state index in [1.807, 2.05) is 26.1 Å². The molecule has 0 aliphatic carbocycles. The Morgan fingerprint density at radius 1 is 1.47 bits per heavy atom. The van der Waals surface area contributed by atoms with Gasteiger partial charge in [-0.2, -0.15) is 0 Å². The number of hydrogen-bond acceptors (Lipinski definition) is 5. The number of hydrogen-bond donors (Lipinski definition) is 1. The molecule has 2 unspecified atom stereocenters. The molecule has 1 aromatic heterocycles. The first kappa shape index (κ1) is 14.5. The van der Waals surface area contributed by atoms with Gasteiger partial charge in [0, 0.05) is 24.1 Å². The van der Waals surface area contributed by atoms with Crippen LogP contribution in [0.1, 0.15) is 32.0 Å². The molecule has 2 rings (SSSR count). The molecule has 0 fully saturated rings. The first-order chi connectivity index (χ1) is 9.10. The molecule has 0 radical (unpaired) electrons. The van der Waals surface area contributed by atoms with Gasteiger partial charge in [-0.15, -0.1) is 0 Å². The minimum Gasteiger partial charge on any atom is -0.376 e. The molecule has 0 amide bonds. The molecular weight excluding hydrogens is 258 g/mol. The molecule has 104 valence electrons. The maximum atomic E-state index is 5.68. The smallest absolute Gasteiger partial charge is 0.103 e. The van der Waals surface area contributed by atoms with Gasteiger partial charge < -0.3 is 4.74 Å². The summed E-state index contributed by atoms with van der Waals surface area (Å²) in [5.74, 6) is 0. The van der Waals surface area contributed by atoms with Crippen LogP contribution >= 0.6 is 11.8 Å². The zero-order valence-corrected chi connectivity index (χ0v) is 12.7. The number of aromatic nitrogens is 1. The number of nitrogens with zero attached hydrogens (tertiary/aromatic N) is 2. The van der Waals surface area contributed by atoms with Gasteiger partial charge in [-0.25, -0.2) is 0 Å². The lowest BCUT2D eigenvalue weighted by molar-refractivity contribution is 0.0664. The highest BCUT2D eigenvalue weighted by atomic mass is 32.2. The molecule has 0 saturated heterocycles. The molecule has 0 bridgehead atoms. The van der Waals surface area contributed by atoms with E-state index in [9.17, 15) is 0 Å². The van der Waals surface area contributed by atoms with Gasteiger partial charge in [0.25, 0.3) is 0 Å². The topological polar surface area (TPSA) is 46.5 Å². The van der Waals surface area contributed by atoms with E-state index in [2.05, 4.69) is 35.2 Å². The van der Waals surface area contributed by atoms with Crippen LogP contribution < -0.4 is 5.32 Å². The molecule has 0 saturated carbocycles. The molecule has 4 nitrogen and oxygen atoms in total. The summed E-state index contributed by atoms with van der Waals surface area (Å²) in [7, 11) is 0. The molecule has 5 heteroatoms. The largest absolute Gasteiger partial charge is 0.376 e. The van der Waals surface area contributed by atoms with E-state index in [-0.39, 0.29) is 17.6 Å². The average Bonchev–Trinajstić information content (AvgIpc) is 2.39. The van der Waals surface area contributed by atoms with Crippen molar-refractivity contribution in [3.63, 3.8) is 0 Å². The average molecular weight is 279 g/mol. The highest BCUT2D eigenvalue weighted by Gasteiger charge is 2.27. The van der Waals surface area contributed by atoms with E-state index < -0.39 is 0 Å². The van der Waals surface area contributed by atoms with E-state index in [1.54, 1.807) is 11.8 Å². The van der Waals surface area contributed by atoms with E-state index in [1.165, 1.54) is 0 Å². The van der Waals surface area contributed by atoms with Crippen LogP contribution in [0, 0.1) is 6.92 Å². The highest BCUT2D eigenvalue weighted by molar-refractivity contribution is 8.15. The second-order valence-corrected chi connectivity index (χ2v) is 5.79. The third kappa shape index (κ3) is 3.78. The molecule has 3 atom stereocenters. The summed E-state index contributed by atoms with van der Waals surface area (Å²) in [6, 6.07) is 4.10. The Bertz CT molecular complexity index is 447. The van der Waals surface area contributed by atoms with Crippen molar-refractivity contribution in [1.82, 2.24) is 10.3 Å². The summed E-state index contributed by atoms with van der Waals surface area (Å²) in [5.41, 5.74) is 2.10. The van der Waals surface area contributed by atoms with Crippen LogP contribution in [0.25, 0.3) is 0 Å². The normalized spacial score (nSPS) is 24.9. The zero-order valence-electron chi connectivity index (χ0n) is 11.9. The summed E-state index contributed by atoms with van der Waals surface area (Å²) >= 11 is 1.72. The maximum Gasteiger partial charge on any atom is 0.103 e. The van der Waals surface area contributed by atoms with Gasteiger partial charge in [0.2, 0.25) is 0 Å². The minimum atomic E-state index is 0.102. The Morgan fingerprint density at radius 2 is 2.26 bits per heavy atom. The molecular formula is C14H21N3OS. The van der Waals surface area contributed by atoms with Gasteiger partial charge in [0.05, 0.1) is 17.6 Å². The third-order valence-corrected chi connectivity index (χ3v) is 4.31. The fourth-order valence-corrected chi connectivity index (χ4v) is 3.21. The van der Waals surface area contributed by atoms with Crippen molar-refractivity contribution in [2.75, 3.05) is 6.61 Å². The van der Waals surface area contributed by atoms with Gasteiger partial charge in [0.1, 0.15) is 5.04 Å². The molecule has 1 N–H and O–H groups in total. The monoisotopic (exact) mass is 279 g/mol. The van der Waals surface area contributed by atoms with Crippen molar-refractivity contribution < 1.29 is 4.74 Å². The number of aliphatic imine (C=N–C) groups is 1. The predicted octanol–water partition coefficient (Wildman–Crippen LogP) is 2.57. The van der Waals surface area contributed by atoms with Crippen molar-refractivity contribution >= 4 is 16.8 Å². The van der Waals surface area contributed by atoms with Crippen LogP contribution in [0.5, 0.6) is 0 Å². The predicted molar refractivity (Wildman–Crippen MR) is 80.6 cm³/mol. The van der Waals surface area contributed by atoms with Crippen molar-refractivity contribution in [2.24, 2.45) is 4.99 Å². The van der Waals surface area contributed by atoms with Gasteiger partial charge in [-0.3, -0.25) is 15.3 Å². The lowest BCUT2D eigenvalue weighted by atomic mass is 10.2. The third-order valence-electron chi connectivity index (χ3n) is 2.97. The molecule has 0 aromatic carbocycles. The Labute approximate surface area is 119 Å². The van der Waals surface area contributed by atoms with Crippen molar-refractivity contribution in [1.29, 1.82) is 0 Å². The Kier molecular flexibility index (Phi) is 4.96. The first-order valence-corrected chi connectivity index (χ1v) is 7.53. The van der Waals surface area contributed by atoms with E-state index in [0.717, 1.165) is 22.9 Å². The van der Waals surface area contributed by atoms with Crippen LogP contribution in [-0.2, 0) is 4.74 Å². The maximum absolute atomic E-state index is 5.68. The fourth-order valence-electron chi connectivity index (χ4n) is 1.95. The van der Waals surface area contributed by atoms with Crippen molar-refractivity contribution in [2.45, 2.75) is 45.3 Å². The number of aryl methyl sites for hydroxylation is 1. The number of rotatable bonds is 4. The molecule has 19 heavy (non-hydrogen) atoms. The molecule has 1 aromatic rings. The summed E-state index contributed by atoms with van der Waals surface area (Å²) in [6.07, 6.45) is 2.15. The van der Waals surface area contributed by atoms with Gasteiger partial charge in [-0.05, 0) is 39.8 Å². The Balaban J connectivity index is 2.14. The lowest BCUT2D eigenvalue weighted by Crippen LogP contribution is -2.45. The summed E-state index contributed by atoms with van der Waals surface area (Å²) in [5, 5.41) is 4.71. The first-order valence-electron chi connectivity index (χ1n) is 6.65. The summed E-state index contributed by atoms with van der Waals surface area (Å²) in [4.78, 5) is 8.99. The standard InChI is InChI=1S/C14H21N3OS/c1-5-18-10(3)13-16-11(4)17-14(19-13)12-7-6-9(2)15-8-12/h6-8,10-11,13,16H,5H2,1-4H3/t10-,11?,13?/m1/s1. The minimum absolute atomic E-state index is 0.102. The summed E-state index contributed by atoms with van der Waals surface area (Å²) < 4.78 is 5.68. The highest BCUT2D eigenvalue weighted by Crippen LogP contribution is 2.25. The van der Waals surface area contributed by atoms with Crippen LogP contribution in [0.15, 0.2) is 23.3 Å². The number of nitrogens with one attached hydrogen (secondary N) is 1. The number of pyridine rings is 1. The van der Waals surface area contributed by atoms with Crippen LogP contribution in [0.2, 0.25) is 0 Å². The fraction of sp³-hybridized carbons (Fsp3) is 0.571. The quantitative estimate of drug-likeness (QED) is 0.920. The zero-order chi connectivity index (χ0) is 13.8. The summed E-state index contributed by atoms with van der Waals surface area (Å²) in [6.45, 7) is 8.90. The molecule has 1 aliphatic heterocycles. The second kappa shape index (κ2) is 6.50. The van der Waals surface area contributed by atoms with E-state index in [4.69, 9.17) is 4.74 Å². The second-order valence-electron chi connectivity index (χ2n) is 4.66. The van der Waals surface area contributed by atoms with Crippen LogP contribution in [0.3, 0.4) is 0 Å². The lowest BCUT2D eigenvalue weighted by Gasteiger charge is -2.31. The van der Waals surface area contributed by atoms with Gasteiger partial charge in [-0.1, -0.05) is 11.8 Å². The number of ether oxygens (including phenoxy) is 1.